The number of rotatable bonds is 2. The molecule has 3 nitrogen and oxygen atoms in total. The van der Waals surface area contributed by atoms with Crippen LogP contribution >= 0.6 is 23.2 Å². The van der Waals surface area contributed by atoms with Crippen molar-refractivity contribution in [3.05, 3.63) is 33.6 Å². The Hall–Kier alpha value is -0.390. The summed E-state index contributed by atoms with van der Waals surface area (Å²) in [6.07, 6.45) is 0.773. The number of halogens is 3. The molecule has 0 unspecified atom stereocenters. The lowest BCUT2D eigenvalue weighted by Crippen LogP contribution is -2.44. The van der Waals surface area contributed by atoms with Crippen LogP contribution in [-0.2, 0) is 15.3 Å². The van der Waals surface area contributed by atoms with Crippen LogP contribution in [0.25, 0.3) is 0 Å². The third kappa shape index (κ3) is 2.41. The molecule has 1 aromatic rings. The minimum absolute atomic E-state index is 0.0401. The van der Waals surface area contributed by atoms with Crippen LogP contribution in [0.15, 0.2) is 12.1 Å². The highest BCUT2D eigenvalue weighted by Gasteiger charge is 2.37. The van der Waals surface area contributed by atoms with Crippen LogP contribution in [0.5, 0.6) is 0 Å². The Morgan fingerprint density at radius 2 is 1.88 bits per heavy atom. The molecule has 1 aliphatic heterocycles. The van der Waals surface area contributed by atoms with Crippen molar-refractivity contribution < 1.29 is 13.9 Å². The lowest BCUT2D eigenvalue weighted by molar-refractivity contribution is -0.269. The number of nitrogens with two attached hydrogens (primary N) is 1. The quantitative estimate of drug-likeness (QED) is 0.847. The van der Waals surface area contributed by atoms with Gasteiger partial charge in [0.25, 0.3) is 0 Å². The van der Waals surface area contributed by atoms with Crippen molar-refractivity contribution in [1.82, 2.24) is 0 Å². The van der Waals surface area contributed by atoms with E-state index in [1.165, 1.54) is 12.1 Å². The van der Waals surface area contributed by atoms with E-state index in [0.29, 0.717) is 18.8 Å². The van der Waals surface area contributed by atoms with Crippen LogP contribution < -0.4 is 5.73 Å². The predicted molar refractivity (Wildman–Crippen MR) is 63.7 cm³/mol. The molecule has 0 aliphatic carbocycles. The average molecular weight is 280 g/mol. The molecule has 17 heavy (non-hydrogen) atoms. The first-order valence-corrected chi connectivity index (χ1v) is 5.97. The lowest BCUT2D eigenvalue weighted by atomic mass is 10.0. The van der Waals surface area contributed by atoms with Gasteiger partial charge in [-0.2, -0.15) is 0 Å². The standard InChI is InChI=1S/C11H12Cl2FNO2/c12-8-5-9(13)10(14)4-7(8)11(6-15)16-2-1-3-17-11/h4-5H,1-3,6,15H2. The first kappa shape index (κ1) is 13.1. The van der Waals surface area contributed by atoms with Gasteiger partial charge in [0.1, 0.15) is 5.82 Å². The zero-order chi connectivity index (χ0) is 12.5. The molecule has 6 heteroatoms. The van der Waals surface area contributed by atoms with Crippen LogP contribution in [-0.4, -0.2) is 19.8 Å². The number of hydrogen-bond acceptors (Lipinski definition) is 3. The summed E-state index contributed by atoms with van der Waals surface area (Å²) < 4.78 is 24.5. The number of hydrogen-bond donors (Lipinski definition) is 1. The molecular formula is C11H12Cl2FNO2. The van der Waals surface area contributed by atoms with E-state index in [2.05, 4.69) is 0 Å². The normalized spacial score (nSPS) is 19.3. The Labute approximate surface area is 109 Å². The summed E-state index contributed by atoms with van der Waals surface area (Å²) in [7, 11) is 0. The molecule has 1 aliphatic rings. The van der Waals surface area contributed by atoms with Crippen LogP contribution in [0, 0.1) is 5.82 Å². The van der Waals surface area contributed by atoms with Gasteiger partial charge in [-0.1, -0.05) is 23.2 Å². The Bertz CT molecular complexity index is 422. The molecule has 0 aromatic heterocycles. The fraction of sp³-hybridized carbons (Fsp3) is 0.455. The first-order chi connectivity index (χ1) is 8.09. The highest BCUT2D eigenvalue weighted by molar-refractivity contribution is 6.35. The molecule has 1 fully saturated rings. The van der Waals surface area contributed by atoms with E-state index in [1.54, 1.807) is 0 Å². The van der Waals surface area contributed by atoms with E-state index in [-0.39, 0.29) is 16.6 Å². The second-order valence-corrected chi connectivity index (χ2v) is 4.57. The molecule has 0 atom stereocenters. The van der Waals surface area contributed by atoms with Crippen molar-refractivity contribution in [3.8, 4) is 0 Å². The third-order valence-electron chi connectivity index (χ3n) is 2.65. The summed E-state index contributed by atoms with van der Waals surface area (Å²) >= 11 is 11.7. The van der Waals surface area contributed by atoms with Gasteiger partial charge >= 0.3 is 0 Å². The Balaban J connectivity index is 2.46. The molecule has 0 saturated carbocycles. The van der Waals surface area contributed by atoms with E-state index in [1.807, 2.05) is 0 Å². The van der Waals surface area contributed by atoms with Gasteiger partial charge in [0.2, 0.25) is 5.79 Å². The Morgan fingerprint density at radius 3 is 2.47 bits per heavy atom. The molecule has 1 saturated heterocycles. The Kier molecular flexibility index (Phi) is 3.90. The van der Waals surface area contributed by atoms with Crippen LogP contribution in [0.2, 0.25) is 10.0 Å². The zero-order valence-electron chi connectivity index (χ0n) is 9.01. The van der Waals surface area contributed by atoms with Crippen molar-refractivity contribution in [2.75, 3.05) is 19.8 Å². The van der Waals surface area contributed by atoms with Gasteiger partial charge < -0.3 is 15.2 Å². The van der Waals surface area contributed by atoms with Crippen molar-refractivity contribution in [2.24, 2.45) is 5.73 Å². The summed E-state index contributed by atoms with van der Waals surface area (Å²) in [5, 5.41) is 0.241. The van der Waals surface area contributed by atoms with Crippen LogP contribution in [0.4, 0.5) is 4.39 Å². The molecular weight excluding hydrogens is 268 g/mol. The summed E-state index contributed by atoms with van der Waals surface area (Å²) in [5.74, 6) is -1.74. The summed E-state index contributed by atoms with van der Waals surface area (Å²) in [5.41, 5.74) is 6.04. The van der Waals surface area contributed by atoms with Crippen molar-refractivity contribution >= 4 is 23.2 Å². The largest absolute Gasteiger partial charge is 0.345 e. The maximum absolute atomic E-state index is 13.5. The van der Waals surface area contributed by atoms with Gasteiger partial charge in [0, 0.05) is 5.56 Å². The minimum Gasteiger partial charge on any atom is -0.345 e. The molecule has 2 N–H and O–H groups in total. The van der Waals surface area contributed by atoms with Gasteiger partial charge in [-0.05, 0) is 18.6 Å². The van der Waals surface area contributed by atoms with E-state index in [4.69, 9.17) is 38.4 Å². The topological polar surface area (TPSA) is 44.5 Å². The maximum Gasteiger partial charge on any atom is 0.209 e. The van der Waals surface area contributed by atoms with Crippen LogP contribution in [0.1, 0.15) is 12.0 Å². The average Bonchev–Trinajstić information content (AvgIpc) is 2.34. The van der Waals surface area contributed by atoms with Crippen molar-refractivity contribution in [2.45, 2.75) is 12.2 Å². The van der Waals surface area contributed by atoms with E-state index < -0.39 is 11.6 Å². The highest BCUT2D eigenvalue weighted by atomic mass is 35.5. The van der Waals surface area contributed by atoms with Gasteiger partial charge in [-0.25, -0.2) is 4.39 Å². The summed E-state index contributed by atoms with van der Waals surface area (Å²) in [4.78, 5) is 0. The predicted octanol–water partition coefficient (Wildman–Crippen LogP) is 2.68. The van der Waals surface area contributed by atoms with E-state index in [9.17, 15) is 4.39 Å². The molecule has 94 valence electrons. The molecule has 0 radical (unpaired) electrons. The van der Waals surface area contributed by atoms with E-state index in [0.717, 1.165) is 6.42 Å². The van der Waals surface area contributed by atoms with Crippen LogP contribution in [0.3, 0.4) is 0 Å². The smallest absolute Gasteiger partial charge is 0.209 e. The highest BCUT2D eigenvalue weighted by Crippen LogP contribution is 2.36. The fourth-order valence-electron chi connectivity index (χ4n) is 1.77. The van der Waals surface area contributed by atoms with Gasteiger partial charge in [0.05, 0.1) is 29.8 Å². The summed E-state index contributed by atoms with van der Waals surface area (Å²) in [6.45, 7) is 1.06. The number of benzene rings is 1. The fourth-order valence-corrected chi connectivity index (χ4v) is 2.30. The van der Waals surface area contributed by atoms with Gasteiger partial charge in [0.15, 0.2) is 0 Å². The second kappa shape index (κ2) is 5.08. The second-order valence-electron chi connectivity index (χ2n) is 3.75. The van der Waals surface area contributed by atoms with Gasteiger partial charge in [-0.3, -0.25) is 0 Å². The maximum atomic E-state index is 13.5. The third-order valence-corrected chi connectivity index (χ3v) is 3.25. The molecule has 0 amide bonds. The molecule has 1 aromatic carbocycles. The van der Waals surface area contributed by atoms with E-state index >= 15 is 0 Å². The SMILES string of the molecule is NCC1(c2cc(F)c(Cl)cc2Cl)OCCCO1. The van der Waals surface area contributed by atoms with Crippen molar-refractivity contribution in [3.63, 3.8) is 0 Å². The molecule has 0 spiro atoms. The number of ether oxygens (including phenoxy) is 2. The molecule has 1 heterocycles. The zero-order valence-corrected chi connectivity index (χ0v) is 10.5. The molecule has 0 bridgehead atoms. The van der Waals surface area contributed by atoms with Crippen molar-refractivity contribution in [1.29, 1.82) is 0 Å². The molecule has 2 rings (SSSR count). The van der Waals surface area contributed by atoms with Gasteiger partial charge in [-0.15, -0.1) is 0 Å². The summed E-state index contributed by atoms with van der Waals surface area (Å²) in [6, 6.07) is 2.54. The Morgan fingerprint density at radius 1 is 1.24 bits per heavy atom. The lowest BCUT2D eigenvalue weighted by Gasteiger charge is -2.37. The monoisotopic (exact) mass is 279 g/mol. The minimum atomic E-state index is -1.17. The first-order valence-electron chi connectivity index (χ1n) is 5.22.